The number of nitrogens with one attached hydrogen (secondary N) is 1. The molecule has 0 atom stereocenters. The van der Waals surface area contributed by atoms with Crippen molar-refractivity contribution in [2.24, 2.45) is 5.10 Å². The summed E-state index contributed by atoms with van der Waals surface area (Å²) in [5, 5.41) is 4.05. The largest absolute Gasteiger partial charge is 0.272 e. The minimum atomic E-state index is -0.105. The molecule has 0 bridgehead atoms. The van der Waals surface area contributed by atoms with Crippen LogP contribution in [0.25, 0.3) is 0 Å². The third-order valence-corrected chi connectivity index (χ3v) is 4.62. The number of carbonyl (C=O) groups is 1. The lowest BCUT2D eigenvalue weighted by Gasteiger charge is -2.07. The first-order valence-electron chi connectivity index (χ1n) is 7.14. The molecular weight excluding hydrogens is 292 g/mol. The Labute approximate surface area is 135 Å². The van der Waals surface area contributed by atoms with E-state index < -0.39 is 0 Å². The molecule has 0 radical (unpaired) electrons. The number of aryl methyl sites for hydroxylation is 1. The summed E-state index contributed by atoms with van der Waals surface area (Å²) in [6, 6.07) is 13.9. The molecular formula is C18H20N2OS. The lowest BCUT2D eigenvalue weighted by Crippen LogP contribution is -2.19. The highest BCUT2D eigenvalue weighted by Gasteiger charge is 2.03. The highest BCUT2D eigenvalue weighted by atomic mass is 32.2. The van der Waals surface area contributed by atoms with Crippen LogP contribution in [0.3, 0.4) is 0 Å². The van der Waals surface area contributed by atoms with Gasteiger partial charge in [-0.2, -0.15) is 5.10 Å². The van der Waals surface area contributed by atoms with Gasteiger partial charge in [-0.25, -0.2) is 5.43 Å². The number of hydrogen-bond donors (Lipinski definition) is 1. The van der Waals surface area contributed by atoms with Gasteiger partial charge in [-0.15, -0.1) is 11.8 Å². The summed E-state index contributed by atoms with van der Waals surface area (Å²) in [5.74, 6) is 0.249. The van der Waals surface area contributed by atoms with Crippen molar-refractivity contribution in [3.05, 3.63) is 64.7 Å². The summed E-state index contributed by atoms with van der Waals surface area (Å²) in [4.78, 5) is 12.8. The van der Waals surface area contributed by atoms with Crippen molar-refractivity contribution >= 4 is 23.9 Å². The van der Waals surface area contributed by atoms with Crippen LogP contribution >= 0.6 is 11.8 Å². The molecule has 114 valence electrons. The van der Waals surface area contributed by atoms with Crippen molar-refractivity contribution in [1.82, 2.24) is 5.43 Å². The molecule has 4 heteroatoms. The van der Waals surface area contributed by atoms with Crippen LogP contribution in [0.2, 0.25) is 0 Å². The Hall–Kier alpha value is -2.07. The molecule has 3 nitrogen and oxygen atoms in total. The van der Waals surface area contributed by atoms with E-state index in [1.807, 2.05) is 36.4 Å². The molecule has 2 aromatic carbocycles. The molecule has 0 aliphatic heterocycles. The van der Waals surface area contributed by atoms with Crippen molar-refractivity contribution in [2.45, 2.75) is 25.7 Å². The van der Waals surface area contributed by atoms with Gasteiger partial charge in [0.25, 0.3) is 0 Å². The maximum Gasteiger partial charge on any atom is 0.250 e. The summed E-state index contributed by atoms with van der Waals surface area (Å²) in [6.07, 6.45) is 1.70. The molecule has 0 aliphatic carbocycles. The maximum atomic E-state index is 11.8. The van der Waals surface area contributed by atoms with E-state index in [1.54, 1.807) is 6.21 Å². The van der Waals surface area contributed by atoms with Gasteiger partial charge in [0.2, 0.25) is 5.91 Å². The van der Waals surface area contributed by atoms with E-state index in [0.717, 1.165) is 10.5 Å². The van der Waals surface area contributed by atoms with E-state index in [9.17, 15) is 4.79 Å². The third-order valence-electron chi connectivity index (χ3n) is 3.61. The van der Waals surface area contributed by atoms with E-state index in [1.165, 1.54) is 28.5 Å². The Morgan fingerprint density at radius 3 is 2.55 bits per heavy atom. The van der Waals surface area contributed by atoms with Gasteiger partial charge in [0, 0.05) is 4.90 Å². The summed E-state index contributed by atoms with van der Waals surface area (Å²) in [6.45, 7) is 6.25. The minimum absolute atomic E-state index is 0.105. The fraction of sp³-hybridized carbons (Fsp3) is 0.222. The van der Waals surface area contributed by atoms with Crippen molar-refractivity contribution in [2.75, 3.05) is 5.75 Å². The van der Waals surface area contributed by atoms with E-state index in [-0.39, 0.29) is 5.91 Å². The fourth-order valence-corrected chi connectivity index (χ4v) is 2.70. The van der Waals surface area contributed by atoms with Gasteiger partial charge in [-0.05, 0) is 55.2 Å². The zero-order valence-corrected chi connectivity index (χ0v) is 13.9. The van der Waals surface area contributed by atoms with Crippen molar-refractivity contribution in [3.8, 4) is 0 Å². The van der Waals surface area contributed by atoms with Gasteiger partial charge in [0.05, 0.1) is 12.0 Å². The molecule has 0 aliphatic rings. The average molecular weight is 312 g/mol. The van der Waals surface area contributed by atoms with Crippen LogP contribution in [0.5, 0.6) is 0 Å². The minimum Gasteiger partial charge on any atom is -0.272 e. The second kappa shape index (κ2) is 7.80. The topological polar surface area (TPSA) is 41.5 Å². The molecule has 0 unspecified atom stereocenters. The maximum absolute atomic E-state index is 11.8. The quantitative estimate of drug-likeness (QED) is 0.517. The summed E-state index contributed by atoms with van der Waals surface area (Å²) < 4.78 is 0. The Morgan fingerprint density at radius 2 is 1.82 bits per heavy atom. The molecule has 0 spiro atoms. The zero-order chi connectivity index (χ0) is 15.9. The molecule has 0 fully saturated rings. The van der Waals surface area contributed by atoms with Gasteiger partial charge < -0.3 is 0 Å². The second-order valence-electron chi connectivity index (χ2n) is 5.12. The number of hydrazone groups is 1. The molecule has 0 saturated heterocycles. The molecule has 1 N–H and O–H groups in total. The lowest BCUT2D eigenvalue weighted by molar-refractivity contribution is -0.118. The van der Waals surface area contributed by atoms with E-state index in [4.69, 9.17) is 0 Å². The van der Waals surface area contributed by atoms with Crippen LogP contribution in [-0.4, -0.2) is 17.9 Å². The number of carbonyl (C=O) groups excluding carboxylic acids is 1. The summed E-state index contributed by atoms with van der Waals surface area (Å²) in [5.41, 5.74) is 7.31. The van der Waals surface area contributed by atoms with Crippen LogP contribution in [-0.2, 0) is 4.79 Å². The number of hydrogen-bond acceptors (Lipinski definition) is 3. The standard InChI is InChI=1S/C18H20N2OS/c1-13-9-10-16(15(3)14(13)2)11-19-20-18(21)12-22-17-7-5-4-6-8-17/h4-11H,12H2,1-3H3,(H,20,21)/b19-11+. The van der Waals surface area contributed by atoms with Crippen LogP contribution < -0.4 is 5.43 Å². The Morgan fingerprint density at radius 1 is 1.09 bits per heavy atom. The van der Waals surface area contributed by atoms with Crippen LogP contribution in [0, 0.1) is 20.8 Å². The van der Waals surface area contributed by atoms with Gasteiger partial charge in [0.15, 0.2) is 0 Å². The van der Waals surface area contributed by atoms with Crippen LogP contribution in [0.4, 0.5) is 0 Å². The molecule has 0 aromatic heterocycles. The van der Waals surface area contributed by atoms with Gasteiger partial charge in [-0.3, -0.25) is 4.79 Å². The first-order chi connectivity index (χ1) is 10.6. The first kappa shape index (κ1) is 16.3. The zero-order valence-electron chi connectivity index (χ0n) is 13.1. The van der Waals surface area contributed by atoms with Gasteiger partial charge in [0.1, 0.15) is 0 Å². The number of amides is 1. The Kier molecular flexibility index (Phi) is 5.78. The number of nitrogens with zero attached hydrogens (tertiary/aromatic N) is 1. The first-order valence-corrected chi connectivity index (χ1v) is 8.13. The third kappa shape index (κ3) is 4.46. The normalized spacial score (nSPS) is 10.9. The predicted molar refractivity (Wildman–Crippen MR) is 93.6 cm³/mol. The number of rotatable bonds is 5. The Balaban J connectivity index is 1.87. The number of thioether (sulfide) groups is 1. The number of benzene rings is 2. The fourth-order valence-electron chi connectivity index (χ4n) is 1.99. The monoisotopic (exact) mass is 312 g/mol. The smallest absolute Gasteiger partial charge is 0.250 e. The molecule has 0 saturated carbocycles. The summed E-state index contributed by atoms with van der Waals surface area (Å²) in [7, 11) is 0. The van der Waals surface area contributed by atoms with Crippen LogP contribution in [0.1, 0.15) is 22.3 Å². The highest BCUT2D eigenvalue weighted by molar-refractivity contribution is 8.00. The average Bonchev–Trinajstić information content (AvgIpc) is 2.54. The molecule has 22 heavy (non-hydrogen) atoms. The van der Waals surface area contributed by atoms with E-state index in [2.05, 4.69) is 37.4 Å². The van der Waals surface area contributed by atoms with E-state index in [0.29, 0.717) is 5.75 Å². The van der Waals surface area contributed by atoms with Crippen molar-refractivity contribution in [1.29, 1.82) is 0 Å². The molecule has 0 heterocycles. The van der Waals surface area contributed by atoms with Crippen molar-refractivity contribution in [3.63, 3.8) is 0 Å². The second-order valence-corrected chi connectivity index (χ2v) is 6.17. The lowest BCUT2D eigenvalue weighted by atomic mass is 10.00. The van der Waals surface area contributed by atoms with Crippen molar-refractivity contribution < 1.29 is 4.79 Å². The van der Waals surface area contributed by atoms with Crippen LogP contribution in [0.15, 0.2) is 52.5 Å². The predicted octanol–water partition coefficient (Wildman–Crippen LogP) is 3.85. The molecule has 2 aromatic rings. The summed E-state index contributed by atoms with van der Waals surface area (Å²) >= 11 is 1.50. The SMILES string of the molecule is Cc1ccc(/C=N/NC(=O)CSc2ccccc2)c(C)c1C. The highest BCUT2D eigenvalue weighted by Crippen LogP contribution is 2.16. The molecule has 1 amide bonds. The molecule has 2 rings (SSSR count). The van der Waals surface area contributed by atoms with Gasteiger partial charge >= 0.3 is 0 Å². The van der Waals surface area contributed by atoms with Gasteiger partial charge in [-0.1, -0.05) is 30.3 Å². The Bertz CT molecular complexity index is 681. The van der Waals surface area contributed by atoms with E-state index >= 15 is 0 Å².